The van der Waals surface area contributed by atoms with E-state index < -0.39 is 0 Å². The Morgan fingerprint density at radius 3 is 2.50 bits per heavy atom. The van der Waals surface area contributed by atoms with Crippen LogP contribution >= 0.6 is 0 Å². The van der Waals surface area contributed by atoms with Crippen molar-refractivity contribution in [2.75, 3.05) is 32.8 Å². The van der Waals surface area contributed by atoms with E-state index >= 15 is 0 Å². The standard InChI is InChI=1S/C12H21NO/c1-4-5-6-12(2,3)11-13-7-9-14-10-8-13/h4,7-11H2,1-3H3. The van der Waals surface area contributed by atoms with Crippen molar-refractivity contribution in [2.24, 2.45) is 5.41 Å². The third kappa shape index (κ3) is 4.13. The lowest BCUT2D eigenvalue weighted by Gasteiger charge is -2.31. The van der Waals surface area contributed by atoms with Gasteiger partial charge in [0.1, 0.15) is 0 Å². The molecule has 1 aliphatic rings. The van der Waals surface area contributed by atoms with Gasteiger partial charge in [0.05, 0.1) is 13.2 Å². The molecule has 0 aromatic rings. The molecule has 0 aromatic heterocycles. The summed E-state index contributed by atoms with van der Waals surface area (Å²) in [5.41, 5.74) is 0.118. The van der Waals surface area contributed by atoms with E-state index in [1.165, 1.54) is 0 Å². The fourth-order valence-corrected chi connectivity index (χ4v) is 1.69. The maximum absolute atomic E-state index is 5.32. The molecule has 0 N–H and O–H groups in total. The van der Waals surface area contributed by atoms with Gasteiger partial charge >= 0.3 is 0 Å². The van der Waals surface area contributed by atoms with Crippen LogP contribution in [0.25, 0.3) is 0 Å². The van der Waals surface area contributed by atoms with E-state index in [0.717, 1.165) is 39.3 Å². The van der Waals surface area contributed by atoms with E-state index in [1.54, 1.807) is 0 Å². The molecular weight excluding hydrogens is 174 g/mol. The average Bonchev–Trinajstić information content (AvgIpc) is 2.16. The van der Waals surface area contributed by atoms with Crippen molar-refractivity contribution in [3.63, 3.8) is 0 Å². The number of rotatable bonds is 2. The van der Waals surface area contributed by atoms with Crippen LogP contribution in [-0.2, 0) is 4.74 Å². The van der Waals surface area contributed by atoms with Crippen LogP contribution in [0.5, 0.6) is 0 Å². The lowest BCUT2D eigenvalue weighted by atomic mass is 9.93. The van der Waals surface area contributed by atoms with Gasteiger partial charge in [-0.3, -0.25) is 4.90 Å². The molecule has 2 heteroatoms. The highest BCUT2D eigenvalue weighted by molar-refractivity contribution is 5.09. The van der Waals surface area contributed by atoms with E-state index in [9.17, 15) is 0 Å². The zero-order valence-electron chi connectivity index (χ0n) is 9.60. The normalized spacial score (nSPS) is 18.8. The number of ether oxygens (including phenoxy) is 1. The summed E-state index contributed by atoms with van der Waals surface area (Å²) in [6, 6.07) is 0. The van der Waals surface area contributed by atoms with Crippen molar-refractivity contribution in [2.45, 2.75) is 27.2 Å². The van der Waals surface area contributed by atoms with Crippen LogP contribution in [0.15, 0.2) is 0 Å². The van der Waals surface area contributed by atoms with Crippen LogP contribution in [0.2, 0.25) is 0 Å². The van der Waals surface area contributed by atoms with Gasteiger partial charge in [0.25, 0.3) is 0 Å². The van der Waals surface area contributed by atoms with Crippen molar-refractivity contribution in [1.82, 2.24) is 4.90 Å². The zero-order chi connectivity index (χ0) is 10.4. The predicted octanol–water partition coefficient (Wildman–Crippen LogP) is 1.76. The molecule has 0 atom stereocenters. The Labute approximate surface area is 87.6 Å². The Bertz CT molecular complexity index is 218. The molecule has 14 heavy (non-hydrogen) atoms. The molecule has 1 fully saturated rings. The molecule has 0 aromatic carbocycles. The molecule has 1 aliphatic heterocycles. The molecular formula is C12H21NO. The lowest BCUT2D eigenvalue weighted by Crippen LogP contribution is -2.41. The summed E-state index contributed by atoms with van der Waals surface area (Å²) in [7, 11) is 0. The average molecular weight is 195 g/mol. The third-order valence-corrected chi connectivity index (χ3v) is 2.33. The van der Waals surface area contributed by atoms with Crippen molar-refractivity contribution < 1.29 is 4.74 Å². The van der Waals surface area contributed by atoms with Crippen molar-refractivity contribution in [3.8, 4) is 11.8 Å². The fourth-order valence-electron chi connectivity index (χ4n) is 1.69. The van der Waals surface area contributed by atoms with E-state index in [0.29, 0.717) is 0 Å². The first-order valence-corrected chi connectivity index (χ1v) is 5.44. The lowest BCUT2D eigenvalue weighted by molar-refractivity contribution is 0.0277. The number of morpholine rings is 1. The van der Waals surface area contributed by atoms with E-state index in [4.69, 9.17) is 4.74 Å². The van der Waals surface area contributed by atoms with Crippen molar-refractivity contribution in [1.29, 1.82) is 0 Å². The largest absolute Gasteiger partial charge is 0.379 e. The van der Waals surface area contributed by atoms with Crippen LogP contribution in [0.1, 0.15) is 27.2 Å². The van der Waals surface area contributed by atoms with Crippen LogP contribution in [0, 0.1) is 17.3 Å². The fraction of sp³-hybridized carbons (Fsp3) is 0.833. The minimum atomic E-state index is 0.118. The highest BCUT2D eigenvalue weighted by atomic mass is 16.5. The van der Waals surface area contributed by atoms with Crippen LogP contribution in [0.4, 0.5) is 0 Å². The van der Waals surface area contributed by atoms with Crippen LogP contribution < -0.4 is 0 Å². The van der Waals surface area contributed by atoms with Crippen LogP contribution in [-0.4, -0.2) is 37.7 Å². The summed E-state index contributed by atoms with van der Waals surface area (Å²) in [6.45, 7) is 11.4. The molecule has 0 aliphatic carbocycles. The van der Waals surface area contributed by atoms with Gasteiger partial charge in [-0.1, -0.05) is 12.8 Å². The first-order chi connectivity index (χ1) is 6.64. The highest BCUT2D eigenvalue weighted by Crippen LogP contribution is 2.16. The molecule has 2 nitrogen and oxygen atoms in total. The Balaban J connectivity index is 2.40. The first-order valence-electron chi connectivity index (χ1n) is 5.44. The highest BCUT2D eigenvalue weighted by Gasteiger charge is 2.20. The first kappa shape index (κ1) is 11.6. The van der Waals surface area contributed by atoms with Gasteiger partial charge in [-0.15, -0.1) is 5.92 Å². The second kappa shape index (κ2) is 5.38. The molecule has 1 heterocycles. The molecule has 80 valence electrons. The van der Waals surface area contributed by atoms with Crippen LogP contribution in [0.3, 0.4) is 0 Å². The Hall–Kier alpha value is -0.520. The second-order valence-corrected chi connectivity index (χ2v) is 4.43. The van der Waals surface area contributed by atoms with Crippen molar-refractivity contribution >= 4 is 0 Å². The van der Waals surface area contributed by atoms with Crippen molar-refractivity contribution in [3.05, 3.63) is 0 Å². The van der Waals surface area contributed by atoms with Gasteiger partial charge in [-0.25, -0.2) is 0 Å². The van der Waals surface area contributed by atoms with E-state index in [1.807, 2.05) is 0 Å². The van der Waals surface area contributed by atoms with E-state index in [2.05, 4.69) is 37.5 Å². The summed E-state index contributed by atoms with van der Waals surface area (Å²) < 4.78 is 5.32. The maximum atomic E-state index is 5.32. The minimum Gasteiger partial charge on any atom is -0.379 e. The maximum Gasteiger partial charge on any atom is 0.0594 e. The van der Waals surface area contributed by atoms with Gasteiger partial charge in [0, 0.05) is 31.5 Å². The molecule has 0 bridgehead atoms. The number of hydrogen-bond acceptors (Lipinski definition) is 2. The molecule has 0 radical (unpaired) electrons. The Morgan fingerprint density at radius 1 is 1.29 bits per heavy atom. The van der Waals surface area contributed by atoms with Gasteiger partial charge in [-0.05, 0) is 13.8 Å². The molecule has 1 rings (SSSR count). The minimum absolute atomic E-state index is 0.118. The Kier molecular flexibility index (Phi) is 4.44. The van der Waals surface area contributed by atoms with Gasteiger partial charge in [0.15, 0.2) is 0 Å². The van der Waals surface area contributed by atoms with Gasteiger partial charge in [0.2, 0.25) is 0 Å². The predicted molar refractivity (Wildman–Crippen MR) is 59.1 cm³/mol. The second-order valence-electron chi connectivity index (χ2n) is 4.43. The summed E-state index contributed by atoms with van der Waals surface area (Å²) >= 11 is 0. The molecule has 0 saturated carbocycles. The third-order valence-electron chi connectivity index (χ3n) is 2.33. The van der Waals surface area contributed by atoms with Gasteiger partial charge in [-0.2, -0.15) is 0 Å². The number of nitrogens with zero attached hydrogens (tertiary/aromatic N) is 1. The topological polar surface area (TPSA) is 12.5 Å². The monoisotopic (exact) mass is 195 g/mol. The molecule has 0 spiro atoms. The molecule has 0 amide bonds. The molecule has 0 unspecified atom stereocenters. The number of hydrogen-bond donors (Lipinski definition) is 0. The van der Waals surface area contributed by atoms with E-state index in [-0.39, 0.29) is 5.41 Å². The van der Waals surface area contributed by atoms with Gasteiger partial charge < -0.3 is 4.74 Å². The summed E-state index contributed by atoms with van der Waals surface area (Å²) in [5.74, 6) is 6.49. The summed E-state index contributed by atoms with van der Waals surface area (Å²) in [5, 5.41) is 0. The SMILES string of the molecule is CCC#CC(C)(C)CN1CCOCC1. The zero-order valence-corrected chi connectivity index (χ0v) is 9.60. The quantitative estimate of drug-likeness (QED) is 0.623. The summed E-state index contributed by atoms with van der Waals surface area (Å²) in [4.78, 5) is 2.44. The summed E-state index contributed by atoms with van der Waals surface area (Å²) in [6.07, 6.45) is 0.951. The molecule has 1 saturated heterocycles. The Morgan fingerprint density at radius 2 is 1.93 bits per heavy atom. The smallest absolute Gasteiger partial charge is 0.0594 e.